The molecule has 0 aliphatic carbocycles. The molecule has 2 heterocycles. The van der Waals surface area contributed by atoms with Crippen molar-refractivity contribution >= 4 is 11.5 Å². The summed E-state index contributed by atoms with van der Waals surface area (Å²) in [4.78, 5) is 19.0. The van der Waals surface area contributed by atoms with Crippen molar-refractivity contribution in [2.24, 2.45) is 0 Å². The van der Waals surface area contributed by atoms with Gasteiger partial charge in [0.1, 0.15) is 6.33 Å². The van der Waals surface area contributed by atoms with Gasteiger partial charge in [0.05, 0.1) is 10.6 Å². The van der Waals surface area contributed by atoms with Crippen molar-refractivity contribution in [3.05, 3.63) is 33.9 Å². The van der Waals surface area contributed by atoms with E-state index >= 15 is 0 Å². The minimum Gasteiger partial charge on any atom is -0.364 e. The highest BCUT2D eigenvalue weighted by molar-refractivity contribution is 5.64. The van der Waals surface area contributed by atoms with Gasteiger partial charge in [-0.1, -0.05) is 13.3 Å². The molecule has 21 heavy (non-hydrogen) atoms. The lowest BCUT2D eigenvalue weighted by Gasteiger charge is -2.09. The molecule has 0 aromatic carbocycles. The molecule has 8 heteroatoms. The minimum absolute atomic E-state index is 0.153. The summed E-state index contributed by atoms with van der Waals surface area (Å²) in [7, 11) is 0. The van der Waals surface area contributed by atoms with Crippen molar-refractivity contribution in [1.29, 1.82) is 0 Å². The number of hydrogen-bond donors (Lipinski definition) is 1. The van der Waals surface area contributed by atoms with Crippen LogP contribution in [-0.4, -0.2) is 31.2 Å². The summed E-state index contributed by atoms with van der Waals surface area (Å²) in [5.41, 5.74) is 1.41. The second-order valence-corrected chi connectivity index (χ2v) is 4.77. The van der Waals surface area contributed by atoms with Crippen LogP contribution in [0.4, 0.5) is 11.5 Å². The Morgan fingerprint density at radius 2 is 2.14 bits per heavy atom. The number of hydrogen-bond acceptors (Lipinski definition) is 6. The average Bonchev–Trinajstić information content (AvgIpc) is 2.77. The van der Waals surface area contributed by atoms with Crippen molar-refractivity contribution in [3.63, 3.8) is 0 Å². The third-order valence-corrected chi connectivity index (χ3v) is 3.02. The molecule has 8 nitrogen and oxygen atoms in total. The first-order valence-electron chi connectivity index (χ1n) is 6.81. The van der Waals surface area contributed by atoms with Gasteiger partial charge in [-0.05, 0) is 26.3 Å². The molecule has 2 aromatic heterocycles. The Labute approximate surface area is 122 Å². The van der Waals surface area contributed by atoms with Crippen LogP contribution in [0.25, 0.3) is 5.82 Å². The van der Waals surface area contributed by atoms with E-state index in [-0.39, 0.29) is 17.3 Å². The maximum absolute atomic E-state index is 11.4. The van der Waals surface area contributed by atoms with Crippen LogP contribution in [0.5, 0.6) is 0 Å². The second kappa shape index (κ2) is 6.29. The first-order valence-corrected chi connectivity index (χ1v) is 6.81. The number of aryl methyl sites for hydroxylation is 2. The Balaban J connectivity index is 2.48. The molecule has 0 unspecified atom stereocenters. The predicted molar refractivity (Wildman–Crippen MR) is 78.7 cm³/mol. The lowest BCUT2D eigenvalue weighted by molar-refractivity contribution is -0.384. The number of unbranched alkanes of at least 4 members (excludes halogenated alkanes) is 1. The van der Waals surface area contributed by atoms with E-state index in [1.54, 1.807) is 0 Å². The zero-order valence-corrected chi connectivity index (χ0v) is 12.3. The largest absolute Gasteiger partial charge is 0.364 e. The molecule has 0 bridgehead atoms. The van der Waals surface area contributed by atoms with E-state index in [4.69, 9.17) is 0 Å². The third-order valence-electron chi connectivity index (χ3n) is 3.02. The highest BCUT2D eigenvalue weighted by atomic mass is 16.6. The van der Waals surface area contributed by atoms with Gasteiger partial charge in [-0.25, -0.2) is 14.6 Å². The molecule has 0 aliphatic heterocycles. The normalized spacial score (nSPS) is 10.6. The Morgan fingerprint density at radius 3 is 2.71 bits per heavy atom. The summed E-state index contributed by atoms with van der Waals surface area (Å²) in [5.74, 6) is 0.408. The summed E-state index contributed by atoms with van der Waals surface area (Å²) in [6.07, 6.45) is 3.22. The van der Waals surface area contributed by atoms with Crippen LogP contribution >= 0.6 is 0 Å². The molecule has 112 valence electrons. The Hall–Kier alpha value is -2.51. The van der Waals surface area contributed by atoms with Crippen LogP contribution in [0.15, 0.2) is 12.4 Å². The number of nitro groups is 1. The summed E-state index contributed by atoms with van der Waals surface area (Å²) >= 11 is 0. The standard InChI is InChI=1S/C13H18N6O2/c1-4-5-6-14-12-11(19(20)21)13(16-8-15-12)18-10(3)7-9(2)17-18/h7-8H,4-6H2,1-3H3,(H,14,15,16). The Kier molecular flexibility index (Phi) is 4.46. The van der Waals surface area contributed by atoms with Crippen LogP contribution < -0.4 is 5.32 Å². The molecule has 0 aliphatic rings. The second-order valence-electron chi connectivity index (χ2n) is 4.77. The summed E-state index contributed by atoms with van der Waals surface area (Å²) < 4.78 is 1.47. The molecule has 0 amide bonds. The van der Waals surface area contributed by atoms with Gasteiger partial charge in [-0.2, -0.15) is 5.10 Å². The van der Waals surface area contributed by atoms with E-state index in [0.717, 1.165) is 24.2 Å². The molecule has 0 saturated heterocycles. The van der Waals surface area contributed by atoms with E-state index < -0.39 is 4.92 Å². The number of nitrogens with one attached hydrogen (secondary N) is 1. The van der Waals surface area contributed by atoms with E-state index in [0.29, 0.717) is 6.54 Å². The monoisotopic (exact) mass is 290 g/mol. The summed E-state index contributed by atoms with van der Waals surface area (Å²) in [6, 6.07) is 1.84. The van der Waals surface area contributed by atoms with Gasteiger partial charge >= 0.3 is 5.69 Å². The fraction of sp³-hybridized carbons (Fsp3) is 0.462. The number of aromatic nitrogens is 4. The number of anilines is 1. The van der Waals surface area contributed by atoms with Crippen LogP contribution in [0.2, 0.25) is 0 Å². The molecule has 0 radical (unpaired) electrons. The molecule has 0 fully saturated rings. The van der Waals surface area contributed by atoms with Gasteiger partial charge in [0.2, 0.25) is 11.6 Å². The number of nitrogens with zero attached hydrogens (tertiary/aromatic N) is 5. The zero-order chi connectivity index (χ0) is 15.4. The van der Waals surface area contributed by atoms with Crippen molar-refractivity contribution in [2.75, 3.05) is 11.9 Å². The molecular formula is C13H18N6O2. The predicted octanol–water partition coefficient (Wildman–Crippen LogP) is 2.40. The molecule has 0 saturated carbocycles. The fourth-order valence-electron chi connectivity index (χ4n) is 2.05. The highest BCUT2D eigenvalue weighted by Gasteiger charge is 2.25. The van der Waals surface area contributed by atoms with Gasteiger partial charge in [0.15, 0.2) is 0 Å². The van der Waals surface area contributed by atoms with Crippen LogP contribution in [0.3, 0.4) is 0 Å². The van der Waals surface area contributed by atoms with E-state index in [1.165, 1.54) is 11.0 Å². The molecule has 2 aromatic rings. The van der Waals surface area contributed by atoms with Gasteiger partial charge in [0, 0.05) is 12.2 Å². The summed E-state index contributed by atoms with van der Waals surface area (Å²) in [6.45, 7) is 6.34. The molecule has 0 spiro atoms. The SMILES string of the molecule is CCCCNc1ncnc(-n2nc(C)cc2C)c1[N+](=O)[O-]. The zero-order valence-electron chi connectivity index (χ0n) is 12.3. The average molecular weight is 290 g/mol. The first-order chi connectivity index (χ1) is 10.0. The first kappa shape index (κ1) is 14.9. The lowest BCUT2D eigenvalue weighted by Crippen LogP contribution is -2.12. The fourth-order valence-corrected chi connectivity index (χ4v) is 2.05. The van der Waals surface area contributed by atoms with Crippen molar-refractivity contribution in [3.8, 4) is 5.82 Å². The van der Waals surface area contributed by atoms with E-state index in [9.17, 15) is 10.1 Å². The van der Waals surface area contributed by atoms with Crippen LogP contribution in [0.1, 0.15) is 31.2 Å². The lowest BCUT2D eigenvalue weighted by atomic mass is 10.3. The Bertz CT molecular complexity index is 652. The Morgan fingerprint density at radius 1 is 1.38 bits per heavy atom. The van der Waals surface area contributed by atoms with E-state index in [1.807, 2.05) is 19.9 Å². The quantitative estimate of drug-likeness (QED) is 0.498. The molecule has 2 rings (SSSR count). The molecule has 1 N–H and O–H groups in total. The van der Waals surface area contributed by atoms with Crippen molar-refractivity contribution in [1.82, 2.24) is 19.7 Å². The van der Waals surface area contributed by atoms with E-state index in [2.05, 4.69) is 27.3 Å². The van der Waals surface area contributed by atoms with Crippen LogP contribution in [0, 0.1) is 24.0 Å². The topological polar surface area (TPSA) is 98.8 Å². The van der Waals surface area contributed by atoms with Crippen LogP contribution in [-0.2, 0) is 0 Å². The van der Waals surface area contributed by atoms with Crippen molar-refractivity contribution in [2.45, 2.75) is 33.6 Å². The maximum atomic E-state index is 11.4. The van der Waals surface area contributed by atoms with Crippen molar-refractivity contribution < 1.29 is 4.92 Å². The maximum Gasteiger partial charge on any atom is 0.355 e. The van der Waals surface area contributed by atoms with Gasteiger partial charge in [-0.3, -0.25) is 10.1 Å². The summed E-state index contributed by atoms with van der Waals surface area (Å²) in [5, 5.41) is 18.7. The minimum atomic E-state index is -0.472. The smallest absolute Gasteiger partial charge is 0.355 e. The van der Waals surface area contributed by atoms with Gasteiger partial charge in [-0.15, -0.1) is 0 Å². The van der Waals surface area contributed by atoms with Gasteiger partial charge < -0.3 is 5.32 Å². The third kappa shape index (κ3) is 3.15. The molecule has 0 atom stereocenters. The highest BCUT2D eigenvalue weighted by Crippen LogP contribution is 2.28. The van der Waals surface area contributed by atoms with Gasteiger partial charge in [0.25, 0.3) is 0 Å². The molecular weight excluding hydrogens is 272 g/mol. The number of rotatable bonds is 6.